The molecule has 0 aromatic carbocycles. The Morgan fingerprint density at radius 1 is 1.55 bits per heavy atom. The molecule has 4 rings (SSSR count). The number of rotatable bonds is 6. The molecule has 0 bridgehead atoms. The van der Waals surface area contributed by atoms with E-state index in [1.54, 1.807) is 35.0 Å². The largest absolute Gasteiger partial charge is 0.338 e. The van der Waals surface area contributed by atoms with Crippen molar-refractivity contribution in [3.05, 3.63) is 45.2 Å². The highest BCUT2D eigenvalue weighted by Gasteiger charge is 2.24. The fourth-order valence-electron chi connectivity index (χ4n) is 3.53. The van der Waals surface area contributed by atoms with Gasteiger partial charge < -0.3 is 4.52 Å². The van der Waals surface area contributed by atoms with Gasteiger partial charge >= 0.3 is 0 Å². The van der Waals surface area contributed by atoms with E-state index in [4.69, 9.17) is 9.51 Å². The molecule has 1 atom stereocenters. The first-order valence-corrected chi connectivity index (χ1v) is 11.3. The molecular formula is C20H22N4O3S2. The molecule has 0 fully saturated rings. The number of amides is 1. The lowest BCUT2D eigenvalue weighted by atomic mass is 9.89. The molecule has 1 amide bonds. The third kappa shape index (κ3) is 4.02. The standard InChI is InChI=1S/C20H22N4O3S2/c1-4-7-24-19(26)17-13-6-5-11(2)8-14(13)29-18(17)22-20(24)28-10-15(25)21-16-9-12(3)23-27-16/h4,9,11H,1,5-8,10H2,2-3H3,(H,21,25). The van der Waals surface area contributed by atoms with E-state index in [0.717, 1.165) is 35.0 Å². The number of thioether (sulfide) groups is 1. The van der Waals surface area contributed by atoms with Gasteiger partial charge in [-0.15, -0.1) is 17.9 Å². The summed E-state index contributed by atoms with van der Waals surface area (Å²) in [4.78, 5) is 32.3. The number of hydrogen-bond acceptors (Lipinski definition) is 7. The second-order valence-electron chi connectivity index (χ2n) is 7.30. The highest BCUT2D eigenvalue weighted by atomic mass is 32.2. The summed E-state index contributed by atoms with van der Waals surface area (Å²) < 4.78 is 6.62. The van der Waals surface area contributed by atoms with Crippen molar-refractivity contribution in [1.82, 2.24) is 14.7 Å². The fraction of sp³-hybridized carbons (Fsp3) is 0.400. The lowest BCUT2D eigenvalue weighted by molar-refractivity contribution is -0.113. The summed E-state index contributed by atoms with van der Waals surface area (Å²) in [5.41, 5.74) is 1.81. The van der Waals surface area contributed by atoms with E-state index < -0.39 is 0 Å². The number of anilines is 1. The summed E-state index contributed by atoms with van der Waals surface area (Å²) >= 11 is 2.84. The minimum atomic E-state index is -0.245. The van der Waals surface area contributed by atoms with Crippen molar-refractivity contribution in [3.63, 3.8) is 0 Å². The van der Waals surface area contributed by atoms with Crippen molar-refractivity contribution in [3.8, 4) is 0 Å². The molecule has 0 saturated carbocycles. The molecule has 3 heterocycles. The van der Waals surface area contributed by atoms with Crippen molar-refractivity contribution in [2.45, 2.75) is 44.8 Å². The van der Waals surface area contributed by atoms with Crippen molar-refractivity contribution >= 4 is 45.1 Å². The SMILES string of the molecule is C=CCn1c(SCC(=O)Nc2cc(C)no2)nc2sc3c(c2c1=O)CCC(C)C3. The maximum absolute atomic E-state index is 13.2. The van der Waals surface area contributed by atoms with E-state index in [1.807, 2.05) is 0 Å². The normalized spacial score (nSPS) is 16.0. The zero-order chi connectivity index (χ0) is 20.5. The van der Waals surface area contributed by atoms with Crippen LogP contribution in [0.15, 0.2) is 33.2 Å². The molecule has 3 aromatic heterocycles. The maximum Gasteiger partial charge on any atom is 0.263 e. The number of nitrogens with zero attached hydrogens (tertiary/aromatic N) is 3. The monoisotopic (exact) mass is 430 g/mol. The lowest BCUT2D eigenvalue weighted by Gasteiger charge is -2.17. The van der Waals surface area contributed by atoms with E-state index >= 15 is 0 Å². The van der Waals surface area contributed by atoms with Gasteiger partial charge in [0.15, 0.2) is 5.16 Å². The first-order valence-electron chi connectivity index (χ1n) is 9.48. The zero-order valence-corrected chi connectivity index (χ0v) is 18.0. The second kappa shape index (κ2) is 8.16. The molecule has 3 aromatic rings. The lowest BCUT2D eigenvalue weighted by Crippen LogP contribution is -2.24. The minimum absolute atomic E-state index is 0.0456. The first kappa shape index (κ1) is 19.9. The molecule has 29 heavy (non-hydrogen) atoms. The predicted molar refractivity (Wildman–Crippen MR) is 116 cm³/mol. The number of carbonyl (C=O) groups excluding carboxylic acids is 1. The minimum Gasteiger partial charge on any atom is -0.338 e. The Morgan fingerprint density at radius 3 is 3.10 bits per heavy atom. The molecule has 0 radical (unpaired) electrons. The average molecular weight is 431 g/mol. The van der Waals surface area contributed by atoms with Gasteiger partial charge in [-0.1, -0.05) is 29.9 Å². The van der Waals surface area contributed by atoms with Crippen LogP contribution in [-0.4, -0.2) is 26.4 Å². The summed E-state index contributed by atoms with van der Waals surface area (Å²) in [5.74, 6) is 0.796. The summed E-state index contributed by atoms with van der Waals surface area (Å²) in [7, 11) is 0. The average Bonchev–Trinajstić information content (AvgIpc) is 3.25. The van der Waals surface area contributed by atoms with Crippen LogP contribution in [0.3, 0.4) is 0 Å². The van der Waals surface area contributed by atoms with Gasteiger partial charge in [-0.2, -0.15) is 0 Å². The molecule has 7 nitrogen and oxygen atoms in total. The number of aromatic nitrogens is 3. The van der Waals surface area contributed by atoms with Crippen molar-refractivity contribution < 1.29 is 9.32 Å². The topological polar surface area (TPSA) is 90.0 Å². The molecule has 0 aliphatic heterocycles. The Hall–Kier alpha value is -2.39. The van der Waals surface area contributed by atoms with Crippen LogP contribution in [0, 0.1) is 12.8 Å². The summed E-state index contributed by atoms with van der Waals surface area (Å²) in [6, 6.07) is 1.65. The number of carbonyl (C=O) groups is 1. The number of hydrogen-bond donors (Lipinski definition) is 1. The van der Waals surface area contributed by atoms with E-state index in [2.05, 4.69) is 24.0 Å². The molecule has 1 N–H and O–H groups in total. The maximum atomic E-state index is 13.2. The summed E-state index contributed by atoms with van der Waals surface area (Å²) in [6.07, 6.45) is 4.69. The van der Waals surface area contributed by atoms with Crippen molar-refractivity contribution in [1.29, 1.82) is 0 Å². The number of nitrogens with one attached hydrogen (secondary N) is 1. The quantitative estimate of drug-likeness (QED) is 0.363. The van der Waals surface area contributed by atoms with Gasteiger partial charge in [0.05, 0.1) is 16.8 Å². The Morgan fingerprint density at radius 2 is 2.38 bits per heavy atom. The fourth-order valence-corrected chi connectivity index (χ4v) is 5.76. The summed E-state index contributed by atoms with van der Waals surface area (Å²) in [6.45, 7) is 8.14. The van der Waals surface area contributed by atoms with Crippen LogP contribution in [0.5, 0.6) is 0 Å². The Balaban J connectivity index is 1.62. The molecule has 152 valence electrons. The van der Waals surface area contributed by atoms with Crippen LogP contribution in [-0.2, 0) is 24.2 Å². The van der Waals surface area contributed by atoms with E-state index in [9.17, 15) is 9.59 Å². The summed E-state index contributed by atoms with van der Waals surface area (Å²) in [5, 5.41) is 7.67. The van der Waals surface area contributed by atoms with Gasteiger partial charge in [0.1, 0.15) is 4.83 Å². The van der Waals surface area contributed by atoms with E-state index in [-0.39, 0.29) is 17.2 Å². The van der Waals surface area contributed by atoms with Crippen LogP contribution in [0.25, 0.3) is 10.2 Å². The predicted octanol–water partition coefficient (Wildman–Crippen LogP) is 3.80. The Bertz CT molecular complexity index is 1140. The van der Waals surface area contributed by atoms with E-state index in [0.29, 0.717) is 29.2 Å². The highest BCUT2D eigenvalue weighted by molar-refractivity contribution is 7.99. The zero-order valence-electron chi connectivity index (χ0n) is 16.4. The second-order valence-corrected chi connectivity index (χ2v) is 9.33. The molecule has 9 heteroatoms. The van der Waals surface area contributed by atoms with Crippen LogP contribution in [0.1, 0.15) is 29.5 Å². The van der Waals surface area contributed by atoms with E-state index in [1.165, 1.54) is 16.6 Å². The number of allylic oxidation sites excluding steroid dienone is 1. The van der Waals surface area contributed by atoms with Gasteiger partial charge in [-0.05, 0) is 37.7 Å². The molecule has 1 aliphatic rings. The van der Waals surface area contributed by atoms with Gasteiger partial charge in [-0.25, -0.2) is 4.98 Å². The molecular weight excluding hydrogens is 408 g/mol. The van der Waals surface area contributed by atoms with Gasteiger partial charge in [-0.3, -0.25) is 19.5 Å². The van der Waals surface area contributed by atoms with Gasteiger partial charge in [0.25, 0.3) is 5.56 Å². The van der Waals surface area contributed by atoms with Crippen molar-refractivity contribution in [2.75, 3.05) is 11.1 Å². The number of fused-ring (bicyclic) bond motifs is 3. The van der Waals surface area contributed by atoms with Crippen LogP contribution < -0.4 is 10.9 Å². The molecule has 0 spiro atoms. The molecule has 1 unspecified atom stereocenters. The highest BCUT2D eigenvalue weighted by Crippen LogP contribution is 2.36. The van der Waals surface area contributed by atoms with Gasteiger partial charge in [0.2, 0.25) is 11.8 Å². The number of thiophene rings is 1. The van der Waals surface area contributed by atoms with Crippen LogP contribution >= 0.6 is 23.1 Å². The Kier molecular flexibility index (Phi) is 5.60. The third-order valence-electron chi connectivity index (χ3n) is 4.91. The first-order chi connectivity index (χ1) is 14.0. The smallest absolute Gasteiger partial charge is 0.263 e. The molecule has 0 saturated heterocycles. The number of aryl methyl sites for hydroxylation is 2. The van der Waals surface area contributed by atoms with Crippen LogP contribution in [0.2, 0.25) is 0 Å². The molecule has 1 aliphatic carbocycles. The van der Waals surface area contributed by atoms with Crippen LogP contribution in [0.4, 0.5) is 5.88 Å². The Labute approximate surface area is 176 Å². The van der Waals surface area contributed by atoms with Gasteiger partial charge in [0, 0.05) is 17.5 Å². The third-order valence-corrected chi connectivity index (χ3v) is 7.04. The van der Waals surface area contributed by atoms with Crippen molar-refractivity contribution in [2.24, 2.45) is 5.92 Å².